The van der Waals surface area contributed by atoms with Crippen molar-refractivity contribution in [3.05, 3.63) is 0 Å². The van der Waals surface area contributed by atoms with Crippen molar-refractivity contribution in [3.8, 4) is 0 Å². The van der Waals surface area contributed by atoms with Crippen LogP contribution in [-0.4, -0.2) is 49.6 Å². The molecule has 17 heavy (non-hydrogen) atoms. The van der Waals surface area contributed by atoms with Gasteiger partial charge in [0.25, 0.3) is 0 Å². The van der Waals surface area contributed by atoms with E-state index in [1.54, 1.807) is 4.90 Å². The molecule has 0 saturated heterocycles. The van der Waals surface area contributed by atoms with E-state index in [0.29, 0.717) is 12.5 Å². The number of likely N-dealkylation sites (N-methyl/N-ethyl adjacent to an activating group) is 1. The number of amides is 1. The third kappa shape index (κ3) is 6.94. The average molecular weight is 244 g/mol. The van der Waals surface area contributed by atoms with Gasteiger partial charge >= 0.3 is 5.97 Å². The highest BCUT2D eigenvalue weighted by molar-refractivity contribution is 5.79. The van der Waals surface area contributed by atoms with Gasteiger partial charge in [-0.1, -0.05) is 20.8 Å². The summed E-state index contributed by atoms with van der Waals surface area (Å²) in [5.74, 6) is 0.0168. The minimum Gasteiger partial charge on any atom is -0.468 e. The van der Waals surface area contributed by atoms with E-state index < -0.39 is 0 Å². The topological polar surface area (TPSA) is 58.6 Å². The molecular formula is C12H24N2O3. The second kappa shape index (κ2) is 8.06. The van der Waals surface area contributed by atoms with Gasteiger partial charge in [-0.05, 0) is 19.4 Å². The predicted molar refractivity (Wildman–Crippen MR) is 66.6 cm³/mol. The second-order valence-corrected chi connectivity index (χ2v) is 4.48. The van der Waals surface area contributed by atoms with Crippen molar-refractivity contribution in [3.63, 3.8) is 0 Å². The monoisotopic (exact) mass is 244 g/mol. The Morgan fingerprint density at radius 3 is 2.24 bits per heavy atom. The highest BCUT2D eigenvalue weighted by atomic mass is 16.5. The Balaban J connectivity index is 4.10. The molecule has 0 aliphatic heterocycles. The number of hydrogen-bond acceptors (Lipinski definition) is 4. The average Bonchev–Trinajstić information content (AvgIpc) is 2.27. The maximum absolute atomic E-state index is 11.7. The molecule has 0 heterocycles. The number of nitrogens with one attached hydrogen (secondary N) is 1. The van der Waals surface area contributed by atoms with E-state index in [1.165, 1.54) is 7.11 Å². The van der Waals surface area contributed by atoms with Gasteiger partial charge < -0.3 is 10.1 Å². The molecular weight excluding hydrogens is 220 g/mol. The molecule has 0 radical (unpaired) electrons. The van der Waals surface area contributed by atoms with Crippen molar-refractivity contribution in [2.24, 2.45) is 5.92 Å². The molecule has 1 amide bonds. The van der Waals surface area contributed by atoms with Crippen LogP contribution in [0, 0.1) is 5.92 Å². The molecule has 0 saturated carbocycles. The fraction of sp³-hybridized carbons (Fsp3) is 0.833. The summed E-state index contributed by atoms with van der Waals surface area (Å²) in [6.45, 7) is 8.99. The lowest BCUT2D eigenvalue weighted by Gasteiger charge is -2.22. The predicted octanol–water partition coefficient (Wildman–Crippen LogP) is 0.642. The summed E-state index contributed by atoms with van der Waals surface area (Å²) in [5.41, 5.74) is 0. The van der Waals surface area contributed by atoms with Crippen LogP contribution in [0.1, 0.15) is 27.7 Å². The maximum atomic E-state index is 11.7. The Morgan fingerprint density at radius 1 is 1.24 bits per heavy atom. The van der Waals surface area contributed by atoms with Crippen molar-refractivity contribution in [2.45, 2.75) is 33.7 Å². The molecule has 0 rings (SSSR count). The summed E-state index contributed by atoms with van der Waals surface area (Å²) in [5, 5.41) is 2.90. The van der Waals surface area contributed by atoms with Gasteiger partial charge in [-0.3, -0.25) is 14.5 Å². The first-order valence-corrected chi connectivity index (χ1v) is 5.99. The molecule has 5 heteroatoms. The Hall–Kier alpha value is -1.10. The van der Waals surface area contributed by atoms with Crippen molar-refractivity contribution in [2.75, 3.05) is 26.7 Å². The number of carbonyl (C=O) groups is 2. The van der Waals surface area contributed by atoms with Crippen molar-refractivity contribution in [1.29, 1.82) is 0 Å². The van der Waals surface area contributed by atoms with E-state index in [1.807, 2.05) is 13.8 Å². The third-order valence-corrected chi connectivity index (χ3v) is 2.78. The van der Waals surface area contributed by atoms with E-state index in [9.17, 15) is 9.59 Å². The summed E-state index contributed by atoms with van der Waals surface area (Å²) < 4.78 is 4.57. The Morgan fingerprint density at radius 2 is 1.82 bits per heavy atom. The zero-order valence-electron chi connectivity index (χ0n) is 11.4. The molecule has 100 valence electrons. The van der Waals surface area contributed by atoms with Crippen LogP contribution >= 0.6 is 0 Å². The molecule has 0 spiro atoms. The van der Waals surface area contributed by atoms with Crippen molar-refractivity contribution in [1.82, 2.24) is 10.2 Å². The third-order valence-electron chi connectivity index (χ3n) is 2.78. The minimum absolute atomic E-state index is 0.0584. The number of hydrogen-bond donors (Lipinski definition) is 1. The number of methoxy groups -OCH3 is 1. The summed E-state index contributed by atoms with van der Waals surface area (Å²) in [6.07, 6.45) is 0. The van der Waals surface area contributed by atoms with Gasteiger partial charge in [-0.2, -0.15) is 0 Å². The van der Waals surface area contributed by atoms with Gasteiger partial charge in [0.15, 0.2) is 0 Å². The van der Waals surface area contributed by atoms with Gasteiger partial charge in [-0.25, -0.2) is 0 Å². The maximum Gasteiger partial charge on any atom is 0.319 e. The van der Waals surface area contributed by atoms with Gasteiger partial charge in [0, 0.05) is 6.04 Å². The van der Waals surface area contributed by atoms with Gasteiger partial charge in [0.05, 0.1) is 20.2 Å². The van der Waals surface area contributed by atoms with Crippen LogP contribution in [0.5, 0.6) is 0 Å². The highest BCUT2D eigenvalue weighted by Gasteiger charge is 2.15. The first-order valence-electron chi connectivity index (χ1n) is 5.99. The normalized spacial score (nSPS) is 12.6. The highest BCUT2D eigenvalue weighted by Crippen LogP contribution is 1.99. The van der Waals surface area contributed by atoms with E-state index >= 15 is 0 Å². The number of esters is 1. The lowest BCUT2D eigenvalue weighted by Crippen LogP contribution is -2.44. The summed E-state index contributed by atoms with van der Waals surface area (Å²) in [7, 11) is 1.34. The molecule has 0 aromatic rings. The fourth-order valence-electron chi connectivity index (χ4n) is 1.20. The molecule has 0 fully saturated rings. The Labute approximate surface area is 103 Å². The number of ether oxygens (including phenoxy) is 1. The van der Waals surface area contributed by atoms with Crippen molar-refractivity contribution < 1.29 is 14.3 Å². The minimum atomic E-state index is -0.323. The number of rotatable bonds is 7. The van der Waals surface area contributed by atoms with Gasteiger partial charge in [0.2, 0.25) is 5.91 Å². The summed E-state index contributed by atoms with van der Waals surface area (Å²) >= 11 is 0. The van der Waals surface area contributed by atoms with E-state index in [0.717, 1.165) is 0 Å². The molecule has 0 aromatic heterocycles. The first kappa shape index (κ1) is 15.9. The lowest BCUT2D eigenvalue weighted by atomic mass is 10.1. The van der Waals surface area contributed by atoms with E-state index in [4.69, 9.17) is 0 Å². The second-order valence-electron chi connectivity index (χ2n) is 4.48. The molecule has 0 aromatic carbocycles. The molecule has 5 nitrogen and oxygen atoms in total. The molecule has 1 unspecified atom stereocenters. The van der Waals surface area contributed by atoms with Crippen LogP contribution in [-0.2, 0) is 14.3 Å². The number of nitrogens with zero attached hydrogens (tertiary/aromatic N) is 1. The van der Waals surface area contributed by atoms with Crippen LogP contribution in [0.25, 0.3) is 0 Å². The van der Waals surface area contributed by atoms with E-state index in [-0.39, 0.29) is 31.0 Å². The molecule has 1 N–H and O–H groups in total. The smallest absolute Gasteiger partial charge is 0.319 e. The SMILES string of the molecule is CCN(CC(=O)NC(C)C(C)C)CC(=O)OC. The Bertz CT molecular complexity index is 254. The molecule has 0 bridgehead atoms. The van der Waals surface area contributed by atoms with Crippen LogP contribution in [0.4, 0.5) is 0 Å². The zero-order chi connectivity index (χ0) is 13.4. The molecule has 0 aliphatic carbocycles. The zero-order valence-corrected chi connectivity index (χ0v) is 11.4. The molecule has 0 aliphatic rings. The van der Waals surface area contributed by atoms with E-state index in [2.05, 4.69) is 23.9 Å². The largest absolute Gasteiger partial charge is 0.468 e. The quantitative estimate of drug-likeness (QED) is 0.668. The first-order chi connectivity index (χ1) is 7.90. The van der Waals surface area contributed by atoms with Crippen LogP contribution in [0.3, 0.4) is 0 Å². The summed E-state index contributed by atoms with van der Waals surface area (Å²) in [6, 6.07) is 0.138. The van der Waals surface area contributed by atoms with Gasteiger partial charge in [-0.15, -0.1) is 0 Å². The van der Waals surface area contributed by atoms with Crippen LogP contribution in [0.15, 0.2) is 0 Å². The van der Waals surface area contributed by atoms with Crippen LogP contribution in [0.2, 0.25) is 0 Å². The lowest BCUT2D eigenvalue weighted by molar-refractivity contribution is -0.142. The van der Waals surface area contributed by atoms with Crippen molar-refractivity contribution >= 4 is 11.9 Å². The fourth-order valence-corrected chi connectivity index (χ4v) is 1.20. The standard InChI is InChI=1S/C12H24N2O3/c1-6-14(8-12(16)17-5)7-11(15)13-10(4)9(2)3/h9-10H,6-8H2,1-5H3,(H,13,15). The van der Waals surface area contributed by atoms with Crippen LogP contribution < -0.4 is 5.32 Å². The van der Waals surface area contributed by atoms with Gasteiger partial charge in [0.1, 0.15) is 0 Å². The number of carbonyl (C=O) groups excluding carboxylic acids is 2. The summed E-state index contributed by atoms with van der Waals surface area (Å²) in [4.78, 5) is 24.5. The molecule has 1 atom stereocenters. The Kier molecular flexibility index (Phi) is 7.54.